The van der Waals surface area contributed by atoms with E-state index in [9.17, 15) is 4.39 Å². The molecular formula is C7H6ClFN2. The molecule has 0 aliphatic heterocycles. The molecule has 0 radical (unpaired) electrons. The van der Waals surface area contributed by atoms with Crippen LogP contribution in [0.2, 0.25) is 5.15 Å². The van der Waals surface area contributed by atoms with E-state index in [4.69, 9.17) is 11.6 Å². The third-order valence-corrected chi connectivity index (χ3v) is 1.31. The lowest BCUT2D eigenvalue weighted by Gasteiger charge is -1.93. The van der Waals surface area contributed by atoms with Gasteiger partial charge in [0.05, 0.1) is 12.4 Å². The maximum atomic E-state index is 12.7. The van der Waals surface area contributed by atoms with Gasteiger partial charge in [0, 0.05) is 0 Å². The average molecular weight is 173 g/mol. The smallest absolute Gasteiger partial charge is 0.147 e. The molecule has 0 fully saturated rings. The van der Waals surface area contributed by atoms with Crippen LogP contribution in [-0.4, -0.2) is 9.97 Å². The topological polar surface area (TPSA) is 25.8 Å². The molecule has 0 atom stereocenters. The van der Waals surface area contributed by atoms with Crippen molar-refractivity contribution in [3.05, 3.63) is 29.3 Å². The van der Waals surface area contributed by atoms with Crippen molar-refractivity contribution in [3.63, 3.8) is 0 Å². The summed E-state index contributed by atoms with van der Waals surface area (Å²) in [7, 11) is 0. The van der Waals surface area contributed by atoms with Gasteiger partial charge in [-0.05, 0) is 13.0 Å². The van der Waals surface area contributed by atoms with E-state index in [1.165, 1.54) is 18.5 Å². The van der Waals surface area contributed by atoms with Crippen molar-refractivity contribution < 1.29 is 4.39 Å². The summed E-state index contributed by atoms with van der Waals surface area (Å²) in [5.74, 6) is -0.394. The summed E-state index contributed by atoms with van der Waals surface area (Å²) in [6, 6.07) is 0. The second-order valence-electron chi connectivity index (χ2n) is 1.86. The molecule has 0 bridgehead atoms. The van der Waals surface area contributed by atoms with Crippen LogP contribution in [0.25, 0.3) is 5.83 Å². The van der Waals surface area contributed by atoms with Crippen LogP contribution < -0.4 is 0 Å². The molecule has 0 saturated heterocycles. The van der Waals surface area contributed by atoms with Crippen molar-refractivity contribution >= 4 is 17.4 Å². The minimum atomic E-state index is -0.394. The lowest BCUT2D eigenvalue weighted by Crippen LogP contribution is -1.86. The molecule has 0 amide bonds. The van der Waals surface area contributed by atoms with Crippen LogP contribution in [0.5, 0.6) is 0 Å². The zero-order valence-corrected chi connectivity index (χ0v) is 6.64. The molecule has 1 heterocycles. The van der Waals surface area contributed by atoms with E-state index in [1.54, 1.807) is 6.92 Å². The van der Waals surface area contributed by atoms with Crippen molar-refractivity contribution in [1.82, 2.24) is 9.97 Å². The highest BCUT2D eigenvalue weighted by Gasteiger charge is 1.99. The molecule has 0 saturated carbocycles. The minimum absolute atomic E-state index is 0.205. The van der Waals surface area contributed by atoms with Crippen LogP contribution in [0.4, 0.5) is 4.39 Å². The fraction of sp³-hybridized carbons (Fsp3) is 0.143. The summed E-state index contributed by atoms with van der Waals surface area (Å²) in [6.45, 7) is 1.59. The molecule has 4 heteroatoms. The number of nitrogens with zero attached hydrogens (tertiary/aromatic N) is 2. The highest BCUT2D eigenvalue weighted by Crippen LogP contribution is 2.12. The summed E-state index contributed by atoms with van der Waals surface area (Å²) in [4.78, 5) is 7.38. The Morgan fingerprint density at radius 2 is 2.27 bits per heavy atom. The van der Waals surface area contributed by atoms with Crippen molar-refractivity contribution in [2.75, 3.05) is 0 Å². The highest BCUT2D eigenvalue weighted by atomic mass is 35.5. The number of aromatic nitrogens is 2. The Morgan fingerprint density at radius 3 is 2.73 bits per heavy atom. The molecule has 0 unspecified atom stereocenters. The molecule has 1 rings (SSSR count). The number of halogens is 2. The van der Waals surface area contributed by atoms with Gasteiger partial charge in [-0.3, -0.25) is 0 Å². The standard InChI is InChI=1S/C7H6ClFN2/c1-2-5(9)6-3-11-7(8)4-10-6/h2-4H,1H3/b5-2-. The van der Waals surface area contributed by atoms with Gasteiger partial charge in [0.2, 0.25) is 0 Å². The Morgan fingerprint density at radius 1 is 1.55 bits per heavy atom. The first-order valence-electron chi connectivity index (χ1n) is 3.03. The second-order valence-corrected chi connectivity index (χ2v) is 2.25. The van der Waals surface area contributed by atoms with E-state index in [-0.39, 0.29) is 10.8 Å². The van der Waals surface area contributed by atoms with Crippen LogP contribution in [0, 0.1) is 0 Å². The van der Waals surface area contributed by atoms with Crippen molar-refractivity contribution in [1.29, 1.82) is 0 Å². The number of hydrogen-bond acceptors (Lipinski definition) is 2. The summed E-state index contributed by atoms with van der Waals surface area (Å²) >= 11 is 5.44. The number of rotatable bonds is 1. The Hall–Kier alpha value is -0.960. The van der Waals surface area contributed by atoms with Crippen LogP contribution in [0.1, 0.15) is 12.6 Å². The van der Waals surface area contributed by atoms with Gasteiger partial charge in [0.15, 0.2) is 0 Å². The van der Waals surface area contributed by atoms with Gasteiger partial charge in [0.25, 0.3) is 0 Å². The average Bonchev–Trinajstić information content (AvgIpc) is 2.05. The van der Waals surface area contributed by atoms with Gasteiger partial charge in [-0.25, -0.2) is 14.4 Å². The van der Waals surface area contributed by atoms with Gasteiger partial charge in [-0.15, -0.1) is 0 Å². The van der Waals surface area contributed by atoms with E-state index in [0.717, 1.165) is 0 Å². The molecule has 0 aliphatic rings. The predicted molar refractivity (Wildman–Crippen MR) is 41.8 cm³/mol. The van der Waals surface area contributed by atoms with Gasteiger partial charge in [0.1, 0.15) is 16.7 Å². The summed E-state index contributed by atoms with van der Waals surface area (Å²) in [5.41, 5.74) is 0.205. The predicted octanol–water partition coefficient (Wildman–Crippen LogP) is 2.46. The van der Waals surface area contributed by atoms with E-state index in [0.29, 0.717) is 0 Å². The van der Waals surface area contributed by atoms with Crippen LogP contribution in [0.3, 0.4) is 0 Å². The van der Waals surface area contributed by atoms with Gasteiger partial charge in [-0.2, -0.15) is 0 Å². The molecule has 1 aromatic heterocycles. The Labute approximate surface area is 68.7 Å². The molecule has 1 aromatic rings. The first-order chi connectivity index (χ1) is 5.24. The number of hydrogen-bond donors (Lipinski definition) is 0. The molecule has 0 spiro atoms. The monoisotopic (exact) mass is 172 g/mol. The van der Waals surface area contributed by atoms with Crippen molar-refractivity contribution in [2.45, 2.75) is 6.92 Å². The van der Waals surface area contributed by atoms with E-state index < -0.39 is 5.83 Å². The summed E-state index contributed by atoms with van der Waals surface area (Å²) in [5, 5.41) is 0.262. The Kier molecular flexibility index (Phi) is 2.54. The Balaban J connectivity index is 2.99. The maximum absolute atomic E-state index is 12.7. The fourth-order valence-electron chi connectivity index (χ4n) is 0.583. The van der Waals surface area contributed by atoms with Crippen LogP contribution >= 0.6 is 11.6 Å². The van der Waals surface area contributed by atoms with E-state index >= 15 is 0 Å². The minimum Gasteiger partial charge on any atom is -0.249 e. The molecule has 0 N–H and O–H groups in total. The zero-order valence-electron chi connectivity index (χ0n) is 5.88. The fourth-order valence-corrected chi connectivity index (χ4v) is 0.681. The van der Waals surface area contributed by atoms with Crippen LogP contribution in [0.15, 0.2) is 18.5 Å². The first kappa shape index (κ1) is 8.14. The van der Waals surface area contributed by atoms with Gasteiger partial charge in [-0.1, -0.05) is 11.6 Å². The molecule has 58 valence electrons. The van der Waals surface area contributed by atoms with E-state index in [1.807, 2.05) is 0 Å². The maximum Gasteiger partial charge on any atom is 0.147 e. The summed E-state index contributed by atoms with van der Waals surface area (Å²) < 4.78 is 12.7. The van der Waals surface area contributed by atoms with Crippen LogP contribution in [-0.2, 0) is 0 Å². The molecule has 0 aliphatic carbocycles. The lowest BCUT2D eigenvalue weighted by molar-refractivity contribution is 0.749. The summed E-state index contributed by atoms with van der Waals surface area (Å²) in [6.07, 6.45) is 3.91. The van der Waals surface area contributed by atoms with Gasteiger partial charge >= 0.3 is 0 Å². The van der Waals surface area contributed by atoms with Gasteiger partial charge < -0.3 is 0 Å². The van der Waals surface area contributed by atoms with Crippen molar-refractivity contribution in [3.8, 4) is 0 Å². The normalized spacial score (nSPS) is 11.7. The molecular weight excluding hydrogens is 167 g/mol. The van der Waals surface area contributed by atoms with Crippen molar-refractivity contribution in [2.24, 2.45) is 0 Å². The first-order valence-corrected chi connectivity index (χ1v) is 3.41. The second kappa shape index (κ2) is 3.44. The zero-order chi connectivity index (χ0) is 8.27. The van der Waals surface area contributed by atoms with E-state index in [2.05, 4.69) is 9.97 Å². The largest absolute Gasteiger partial charge is 0.249 e. The Bertz CT molecular complexity index is 268. The SMILES string of the molecule is C/C=C(\F)c1cnc(Cl)cn1. The lowest BCUT2D eigenvalue weighted by atomic mass is 10.4. The quantitative estimate of drug-likeness (QED) is 0.651. The third kappa shape index (κ3) is 1.98. The molecule has 0 aromatic carbocycles. The molecule has 11 heavy (non-hydrogen) atoms. The number of allylic oxidation sites excluding steroid dienone is 1. The third-order valence-electron chi connectivity index (χ3n) is 1.12. The highest BCUT2D eigenvalue weighted by molar-refractivity contribution is 6.29. The molecule has 2 nitrogen and oxygen atoms in total.